The van der Waals surface area contributed by atoms with E-state index in [1.54, 1.807) is 0 Å². The molecule has 0 radical (unpaired) electrons. The Bertz CT molecular complexity index is 183. The Morgan fingerprint density at radius 3 is 2.36 bits per heavy atom. The van der Waals surface area contributed by atoms with Gasteiger partial charge in [0, 0.05) is 5.92 Å². The molecule has 0 unspecified atom stereocenters. The zero-order valence-corrected chi connectivity index (χ0v) is 9.46. The van der Waals surface area contributed by atoms with Crippen LogP contribution in [-0.4, -0.2) is 11.8 Å². The molecule has 0 aliphatic heterocycles. The number of nitrogens with two attached hydrogens (primary N) is 1. The first-order valence-corrected chi connectivity index (χ1v) is 5.90. The van der Waals surface area contributed by atoms with Crippen LogP contribution in [0.3, 0.4) is 0 Å². The molecule has 0 aromatic carbocycles. The molecule has 1 aliphatic rings. The van der Waals surface area contributed by atoms with E-state index in [9.17, 15) is 4.79 Å². The fourth-order valence-corrected chi connectivity index (χ4v) is 2.33. The summed E-state index contributed by atoms with van der Waals surface area (Å²) in [5.74, 6) is 1.03. The highest BCUT2D eigenvalue weighted by molar-refractivity contribution is 5.85. The maximum absolute atomic E-state index is 11.6. The summed E-state index contributed by atoms with van der Waals surface area (Å²) in [6, 6.07) is -0.210. The largest absolute Gasteiger partial charge is 0.321 e. The van der Waals surface area contributed by atoms with Gasteiger partial charge < -0.3 is 5.73 Å². The summed E-state index contributed by atoms with van der Waals surface area (Å²) in [6.45, 7) is 3.87. The van der Waals surface area contributed by atoms with E-state index in [1.165, 1.54) is 32.1 Å². The van der Waals surface area contributed by atoms with Crippen LogP contribution in [0.1, 0.15) is 52.4 Å². The summed E-state index contributed by atoms with van der Waals surface area (Å²) < 4.78 is 0. The zero-order chi connectivity index (χ0) is 10.6. The number of ketones is 1. The van der Waals surface area contributed by atoms with Crippen molar-refractivity contribution in [2.45, 2.75) is 58.4 Å². The lowest BCUT2D eigenvalue weighted by Gasteiger charge is -2.24. The van der Waals surface area contributed by atoms with Crippen LogP contribution in [0.2, 0.25) is 0 Å². The Balaban J connectivity index is 2.31. The van der Waals surface area contributed by atoms with Gasteiger partial charge in [0.15, 0.2) is 5.78 Å². The lowest BCUT2D eigenvalue weighted by molar-refractivity contribution is -0.123. The van der Waals surface area contributed by atoms with Gasteiger partial charge in [0.2, 0.25) is 0 Å². The van der Waals surface area contributed by atoms with E-state index < -0.39 is 0 Å². The van der Waals surface area contributed by atoms with Gasteiger partial charge in [-0.1, -0.05) is 46.0 Å². The van der Waals surface area contributed by atoms with Gasteiger partial charge in [0.25, 0.3) is 0 Å². The average Bonchev–Trinajstić information content (AvgIpc) is 2.18. The normalized spacial score (nSPS) is 21.1. The van der Waals surface area contributed by atoms with Crippen molar-refractivity contribution in [3.05, 3.63) is 0 Å². The lowest BCUT2D eigenvalue weighted by Crippen LogP contribution is -2.35. The molecule has 2 N–H and O–H groups in total. The average molecular weight is 197 g/mol. The zero-order valence-electron chi connectivity index (χ0n) is 9.46. The molecule has 1 rings (SSSR count). The molecule has 82 valence electrons. The monoisotopic (exact) mass is 197 g/mol. The fraction of sp³-hybridized carbons (Fsp3) is 0.917. The summed E-state index contributed by atoms with van der Waals surface area (Å²) in [5, 5.41) is 0. The van der Waals surface area contributed by atoms with E-state index in [2.05, 4.69) is 0 Å². The van der Waals surface area contributed by atoms with Crippen molar-refractivity contribution in [3.8, 4) is 0 Å². The minimum Gasteiger partial charge on any atom is -0.321 e. The van der Waals surface area contributed by atoms with Gasteiger partial charge >= 0.3 is 0 Å². The third-order valence-electron chi connectivity index (χ3n) is 3.25. The molecule has 2 heteroatoms. The summed E-state index contributed by atoms with van der Waals surface area (Å²) in [7, 11) is 0. The third-order valence-corrected chi connectivity index (χ3v) is 3.25. The number of hydrogen-bond acceptors (Lipinski definition) is 2. The Morgan fingerprint density at radius 2 is 1.86 bits per heavy atom. The van der Waals surface area contributed by atoms with Crippen LogP contribution in [0.5, 0.6) is 0 Å². The molecule has 1 saturated carbocycles. The summed E-state index contributed by atoms with van der Waals surface area (Å²) in [5.41, 5.74) is 5.90. The molecular weight excluding hydrogens is 174 g/mol. The first-order valence-electron chi connectivity index (χ1n) is 5.90. The highest BCUT2D eigenvalue weighted by Gasteiger charge is 2.22. The number of hydrogen-bond donors (Lipinski definition) is 1. The minimum absolute atomic E-state index is 0.0913. The fourth-order valence-electron chi connectivity index (χ4n) is 2.33. The molecule has 1 aliphatic carbocycles. The van der Waals surface area contributed by atoms with Gasteiger partial charge in [0.1, 0.15) is 0 Å². The number of rotatable bonds is 4. The standard InChI is InChI=1S/C12H23NO/c1-9(2)12(14)11(13)8-10-6-4-3-5-7-10/h9-11H,3-8,13H2,1-2H3/t11-/m1/s1. The maximum atomic E-state index is 11.6. The van der Waals surface area contributed by atoms with E-state index in [4.69, 9.17) is 5.73 Å². The molecule has 2 nitrogen and oxygen atoms in total. The second-order valence-corrected chi connectivity index (χ2v) is 4.90. The smallest absolute Gasteiger partial charge is 0.152 e. The first-order chi connectivity index (χ1) is 6.61. The number of carbonyl (C=O) groups excluding carboxylic acids is 1. The third kappa shape index (κ3) is 3.41. The van der Waals surface area contributed by atoms with Gasteiger partial charge in [-0.3, -0.25) is 4.79 Å². The highest BCUT2D eigenvalue weighted by Crippen LogP contribution is 2.27. The van der Waals surface area contributed by atoms with Crippen LogP contribution >= 0.6 is 0 Å². The number of carbonyl (C=O) groups is 1. The Morgan fingerprint density at radius 1 is 1.29 bits per heavy atom. The van der Waals surface area contributed by atoms with Crippen molar-refractivity contribution < 1.29 is 4.79 Å². The topological polar surface area (TPSA) is 43.1 Å². The molecule has 0 bridgehead atoms. The second-order valence-electron chi connectivity index (χ2n) is 4.90. The first kappa shape index (κ1) is 11.7. The minimum atomic E-state index is -0.210. The molecule has 0 aromatic heterocycles. The molecular formula is C12H23NO. The SMILES string of the molecule is CC(C)C(=O)[C@H](N)CC1CCCCC1. The van der Waals surface area contributed by atoms with E-state index in [0.29, 0.717) is 5.92 Å². The summed E-state index contributed by atoms with van der Waals surface area (Å²) in [6.07, 6.45) is 7.49. The van der Waals surface area contributed by atoms with Crippen LogP contribution in [0.4, 0.5) is 0 Å². The van der Waals surface area contributed by atoms with Crippen LogP contribution in [0.25, 0.3) is 0 Å². The molecule has 14 heavy (non-hydrogen) atoms. The van der Waals surface area contributed by atoms with Gasteiger partial charge in [-0.05, 0) is 12.3 Å². The Labute approximate surface area is 87.2 Å². The summed E-state index contributed by atoms with van der Waals surface area (Å²) >= 11 is 0. The van der Waals surface area contributed by atoms with E-state index in [0.717, 1.165) is 6.42 Å². The van der Waals surface area contributed by atoms with E-state index >= 15 is 0 Å². The molecule has 0 saturated heterocycles. The van der Waals surface area contributed by atoms with E-state index in [1.807, 2.05) is 13.8 Å². The molecule has 0 amide bonds. The maximum Gasteiger partial charge on any atom is 0.152 e. The van der Waals surface area contributed by atoms with E-state index in [-0.39, 0.29) is 17.7 Å². The predicted molar refractivity (Wildman–Crippen MR) is 59.0 cm³/mol. The number of Topliss-reactive ketones (excluding diaryl/α,β-unsaturated/α-hetero) is 1. The quantitative estimate of drug-likeness (QED) is 0.752. The molecule has 0 spiro atoms. The van der Waals surface area contributed by atoms with Crippen LogP contribution < -0.4 is 5.73 Å². The van der Waals surface area contributed by atoms with Gasteiger partial charge in [-0.2, -0.15) is 0 Å². The molecule has 0 aromatic rings. The van der Waals surface area contributed by atoms with Gasteiger partial charge in [0.05, 0.1) is 6.04 Å². The van der Waals surface area contributed by atoms with Crippen LogP contribution in [0, 0.1) is 11.8 Å². The lowest BCUT2D eigenvalue weighted by atomic mass is 9.83. The van der Waals surface area contributed by atoms with Gasteiger partial charge in [-0.25, -0.2) is 0 Å². The van der Waals surface area contributed by atoms with Crippen molar-refractivity contribution in [1.82, 2.24) is 0 Å². The van der Waals surface area contributed by atoms with Crippen molar-refractivity contribution in [3.63, 3.8) is 0 Å². The molecule has 1 atom stereocenters. The van der Waals surface area contributed by atoms with Crippen molar-refractivity contribution in [2.75, 3.05) is 0 Å². The molecule has 0 heterocycles. The van der Waals surface area contributed by atoms with Crippen molar-refractivity contribution >= 4 is 5.78 Å². The van der Waals surface area contributed by atoms with Gasteiger partial charge in [-0.15, -0.1) is 0 Å². The Hall–Kier alpha value is -0.370. The van der Waals surface area contributed by atoms with Crippen LogP contribution in [0.15, 0.2) is 0 Å². The molecule has 1 fully saturated rings. The predicted octanol–water partition coefficient (Wildman–Crippen LogP) is 2.51. The highest BCUT2D eigenvalue weighted by atomic mass is 16.1. The second kappa shape index (κ2) is 5.50. The van der Waals surface area contributed by atoms with Crippen LogP contribution in [-0.2, 0) is 4.79 Å². The summed E-state index contributed by atoms with van der Waals surface area (Å²) in [4.78, 5) is 11.6. The Kier molecular flexibility index (Phi) is 4.59. The van der Waals surface area contributed by atoms with Crippen molar-refractivity contribution in [1.29, 1.82) is 0 Å². The van der Waals surface area contributed by atoms with Crippen molar-refractivity contribution in [2.24, 2.45) is 17.6 Å².